The summed E-state index contributed by atoms with van der Waals surface area (Å²) < 4.78 is 0.959. The number of hydrogen-bond acceptors (Lipinski definition) is 7. The number of carboxylic acid groups (broad SMARTS) is 2. The topological polar surface area (TPSA) is 188 Å². The SMILES string of the molecule is N[C@@H](Cn1cc([N+](=O)[O-])c(=O)n(CCC(=O)O)c1=O)C(=O)O. The number of nitrogens with two attached hydrogens (primary N) is 1. The Morgan fingerprint density at radius 1 is 1.36 bits per heavy atom. The molecule has 4 N–H and O–H groups in total. The molecule has 12 heteroatoms. The number of aliphatic carboxylic acids is 2. The molecular weight excluding hydrogens is 304 g/mol. The van der Waals surface area contributed by atoms with Crippen molar-refractivity contribution in [2.45, 2.75) is 25.6 Å². The van der Waals surface area contributed by atoms with Crippen LogP contribution < -0.4 is 17.0 Å². The van der Waals surface area contributed by atoms with Crippen LogP contribution in [0, 0.1) is 10.1 Å². The minimum absolute atomic E-state index is 0.362. The molecule has 0 aliphatic heterocycles. The van der Waals surface area contributed by atoms with Gasteiger partial charge in [0.25, 0.3) is 0 Å². The molecule has 0 aliphatic carbocycles. The van der Waals surface area contributed by atoms with Gasteiger partial charge in [0, 0.05) is 6.54 Å². The highest BCUT2D eigenvalue weighted by Crippen LogP contribution is 2.01. The Labute approximate surface area is 121 Å². The summed E-state index contributed by atoms with van der Waals surface area (Å²) in [6, 6.07) is -1.53. The van der Waals surface area contributed by atoms with Crippen molar-refractivity contribution >= 4 is 17.6 Å². The van der Waals surface area contributed by atoms with E-state index in [1.165, 1.54) is 0 Å². The normalized spacial score (nSPS) is 11.9. The quantitative estimate of drug-likeness (QED) is 0.370. The average molecular weight is 316 g/mol. The molecule has 0 spiro atoms. The maximum atomic E-state index is 12.0. The molecule has 1 aromatic heterocycles. The van der Waals surface area contributed by atoms with Gasteiger partial charge in [-0.3, -0.25) is 33.6 Å². The Hall–Kier alpha value is -3.02. The van der Waals surface area contributed by atoms with Crippen LogP contribution in [-0.2, 0) is 22.7 Å². The molecule has 0 saturated carbocycles. The molecular formula is C10H12N4O8. The fourth-order valence-electron chi connectivity index (χ4n) is 1.59. The molecule has 0 aliphatic rings. The van der Waals surface area contributed by atoms with Gasteiger partial charge in [0.15, 0.2) is 0 Å². The molecule has 1 aromatic rings. The summed E-state index contributed by atoms with van der Waals surface area (Å²) in [7, 11) is 0. The van der Waals surface area contributed by atoms with E-state index in [-0.39, 0.29) is 0 Å². The maximum absolute atomic E-state index is 12.0. The Morgan fingerprint density at radius 3 is 2.41 bits per heavy atom. The van der Waals surface area contributed by atoms with Crippen LogP contribution in [0.1, 0.15) is 6.42 Å². The molecule has 0 aromatic carbocycles. The molecule has 0 bridgehead atoms. The number of carboxylic acids is 2. The number of nitro groups is 1. The number of hydrogen-bond donors (Lipinski definition) is 3. The summed E-state index contributed by atoms with van der Waals surface area (Å²) in [6.45, 7) is -1.20. The lowest BCUT2D eigenvalue weighted by molar-refractivity contribution is -0.387. The lowest BCUT2D eigenvalue weighted by atomic mass is 10.3. The Morgan fingerprint density at radius 2 is 1.95 bits per heavy atom. The van der Waals surface area contributed by atoms with Crippen LogP contribution in [0.25, 0.3) is 0 Å². The molecule has 22 heavy (non-hydrogen) atoms. The first-order valence-corrected chi connectivity index (χ1v) is 5.84. The molecule has 0 radical (unpaired) electrons. The molecule has 120 valence electrons. The molecule has 1 atom stereocenters. The monoisotopic (exact) mass is 316 g/mol. The lowest BCUT2D eigenvalue weighted by Gasteiger charge is -2.11. The van der Waals surface area contributed by atoms with Crippen molar-refractivity contribution in [2.24, 2.45) is 5.73 Å². The summed E-state index contributed by atoms with van der Waals surface area (Å²) in [5.41, 5.74) is 1.92. The number of nitrogens with zero attached hydrogens (tertiary/aromatic N) is 3. The first-order chi connectivity index (χ1) is 10.1. The van der Waals surface area contributed by atoms with E-state index in [1.807, 2.05) is 0 Å². The highest BCUT2D eigenvalue weighted by molar-refractivity contribution is 5.72. The maximum Gasteiger partial charge on any atom is 0.350 e. The van der Waals surface area contributed by atoms with Crippen molar-refractivity contribution in [1.29, 1.82) is 0 Å². The predicted molar refractivity (Wildman–Crippen MR) is 69.5 cm³/mol. The molecule has 0 unspecified atom stereocenters. The van der Waals surface area contributed by atoms with Crippen LogP contribution in [0.2, 0.25) is 0 Å². The van der Waals surface area contributed by atoms with Crippen LogP contribution in [0.5, 0.6) is 0 Å². The molecule has 0 amide bonds. The van der Waals surface area contributed by atoms with Gasteiger partial charge in [-0.05, 0) is 0 Å². The minimum Gasteiger partial charge on any atom is -0.481 e. The van der Waals surface area contributed by atoms with Crippen molar-refractivity contribution in [3.8, 4) is 0 Å². The standard InChI is InChI=1S/C10H12N4O8/c11-5(9(18)19)3-12-4-6(14(21)22)8(17)13(10(12)20)2-1-7(15)16/h4-5H,1-3,11H2,(H,15,16)(H,18,19)/t5-/m0/s1. The van der Waals surface area contributed by atoms with E-state index >= 15 is 0 Å². The second kappa shape index (κ2) is 6.62. The second-order valence-corrected chi connectivity index (χ2v) is 4.25. The van der Waals surface area contributed by atoms with Crippen LogP contribution in [-0.4, -0.2) is 42.3 Å². The van der Waals surface area contributed by atoms with E-state index < -0.39 is 59.4 Å². The first-order valence-electron chi connectivity index (χ1n) is 5.84. The van der Waals surface area contributed by atoms with Gasteiger partial charge in [-0.2, -0.15) is 0 Å². The zero-order chi connectivity index (χ0) is 17.0. The van der Waals surface area contributed by atoms with E-state index in [2.05, 4.69) is 0 Å². The van der Waals surface area contributed by atoms with Crippen molar-refractivity contribution in [3.05, 3.63) is 37.1 Å². The van der Waals surface area contributed by atoms with E-state index in [9.17, 15) is 29.3 Å². The molecule has 12 nitrogen and oxygen atoms in total. The molecule has 1 rings (SSSR count). The van der Waals surface area contributed by atoms with Gasteiger partial charge in [-0.15, -0.1) is 0 Å². The largest absolute Gasteiger partial charge is 0.481 e. The zero-order valence-electron chi connectivity index (χ0n) is 11.0. The van der Waals surface area contributed by atoms with Gasteiger partial charge >= 0.3 is 28.9 Å². The van der Waals surface area contributed by atoms with Crippen LogP contribution in [0.15, 0.2) is 15.8 Å². The highest BCUT2D eigenvalue weighted by atomic mass is 16.6. The lowest BCUT2D eigenvalue weighted by Crippen LogP contribution is -2.45. The molecule has 0 saturated heterocycles. The van der Waals surface area contributed by atoms with E-state index in [4.69, 9.17) is 15.9 Å². The van der Waals surface area contributed by atoms with Crippen LogP contribution in [0.4, 0.5) is 5.69 Å². The molecule has 0 fully saturated rings. The summed E-state index contributed by atoms with van der Waals surface area (Å²) in [4.78, 5) is 54.7. The Bertz CT molecular complexity index is 733. The van der Waals surface area contributed by atoms with E-state index in [0.717, 1.165) is 0 Å². The fraction of sp³-hybridized carbons (Fsp3) is 0.400. The summed E-state index contributed by atoms with van der Waals surface area (Å²) in [5, 5.41) is 28.1. The van der Waals surface area contributed by atoms with Crippen LogP contribution in [0.3, 0.4) is 0 Å². The Balaban J connectivity index is 3.42. The van der Waals surface area contributed by atoms with Crippen molar-refractivity contribution < 1.29 is 24.7 Å². The third-order valence-corrected chi connectivity index (χ3v) is 2.68. The number of rotatable bonds is 7. The van der Waals surface area contributed by atoms with Gasteiger partial charge in [0.05, 0.1) is 24.1 Å². The van der Waals surface area contributed by atoms with Gasteiger partial charge in [-0.1, -0.05) is 0 Å². The second-order valence-electron chi connectivity index (χ2n) is 4.25. The average Bonchev–Trinajstić information content (AvgIpc) is 2.40. The van der Waals surface area contributed by atoms with Crippen LogP contribution >= 0.6 is 0 Å². The number of aromatic nitrogens is 2. The molecule has 1 heterocycles. The van der Waals surface area contributed by atoms with Crippen molar-refractivity contribution in [1.82, 2.24) is 9.13 Å². The Kier molecular flexibility index (Phi) is 5.13. The zero-order valence-corrected chi connectivity index (χ0v) is 11.0. The van der Waals surface area contributed by atoms with Gasteiger partial charge < -0.3 is 15.9 Å². The third-order valence-electron chi connectivity index (χ3n) is 2.68. The van der Waals surface area contributed by atoms with Crippen molar-refractivity contribution in [2.75, 3.05) is 0 Å². The van der Waals surface area contributed by atoms with Gasteiger partial charge in [0.2, 0.25) is 0 Å². The summed E-state index contributed by atoms with van der Waals surface area (Å²) in [5.74, 6) is -2.76. The number of carbonyl (C=O) groups is 2. The third kappa shape index (κ3) is 3.76. The highest BCUT2D eigenvalue weighted by Gasteiger charge is 2.22. The minimum atomic E-state index is -1.53. The fourth-order valence-corrected chi connectivity index (χ4v) is 1.59. The first kappa shape index (κ1) is 17.0. The van der Waals surface area contributed by atoms with E-state index in [0.29, 0.717) is 15.3 Å². The van der Waals surface area contributed by atoms with E-state index in [1.54, 1.807) is 0 Å². The predicted octanol–water partition coefficient (Wildman–Crippen LogP) is -2.20. The van der Waals surface area contributed by atoms with Gasteiger partial charge in [-0.25, -0.2) is 4.79 Å². The van der Waals surface area contributed by atoms with Gasteiger partial charge in [0.1, 0.15) is 6.04 Å². The smallest absolute Gasteiger partial charge is 0.350 e. The summed E-state index contributed by atoms with van der Waals surface area (Å²) in [6.07, 6.45) is -0.0218. The summed E-state index contributed by atoms with van der Waals surface area (Å²) >= 11 is 0. The van der Waals surface area contributed by atoms with Crippen molar-refractivity contribution in [3.63, 3.8) is 0 Å².